The lowest BCUT2D eigenvalue weighted by molar-refractivity contribution is -0.140. The van der Waals surface area contributed by atoms with E-state index in [9.17, 15) is 14.4 Å². The van der Waals surface area contributed by atoms with Crippen molar-refractivity contribution < 1.29 is 19.1 Å². The number of ether oxygens (including phenoxy) is 1. The highest BCUT2D eigenvalue weighted by molar-refractivity contribution is 6.40. The van der Waals surface area contributed by atoms with Crippen molar-refractivity contribution in [2.75, 3.05) is 12.4 Å². The van der Waals surface area contributed by atoms with Crippen molar-refractivity contribution in [1.29, 1.82) is 0 Å². The molecule has 8 heteroatoms. The van der Waals surface area contributed by atoms with Gasteiger partial charge in [-0.05, 0) is 30.7 Å². The van der Waals surface area contributed by atoms with Crippen LogP contribution in [0.4, 0.5) is 11.4 Å². The summed E-state index contributed by atoms with van der Waals surface area (Å²) in [4.78, 5) is 38.3. The lowest BCUT2D eigenvalue weighted by Gasteiger charge is -2.14. The number of benzene rings is 2. The lowest BCUT2D eigenvalue weighted by atomic mass is 10.0. The number of nitrogens with one attached hydrogen (secondary N) is 1. The van der Waals surface area contributed by atoms with Crippen LogP contribution in [0.5, 0.6) is 0 Å². The number of carbonyl (C=O) groups excluding carboxylic acids is 3. The Morgan fingerprint density at radius 1 is 1.15 bits per heavy atom. The summed E-state index contributed by atoms with van der Waals surface area (Å²) in [6.07, 6.45) is 1.72. The first-order valence-electron chi connectivity index (χ1n) is 7.50. The average molecular weight is 393 g/mol. The van der Waals surface area contributed by atoms with Crippen molar-refractivity contribution in [2.24, 2.45) is 4.99 Å². The maximum atomic E-state index is 12.6. The standard InChI is InChI=1S/C18H14Cl2N2O4/c1-26-16(24)9-8-11-14(21-10-23)6-3-7-15(11)22-18(25)17-12(19)4-2-5-13(17)20/h2-7H,8-9H2,1H3,(H,22,25). The monoisotopic (exact) mass is 392 g/mol. The van der Waals surface area contributed by atoms with Crippen LogP contribution in [0.1, 0.15) is 22.3 Å². The molecule has 0 aliphatic rings. The minimum atomic E-state index is -0.521. The first-order valence-corrected chi connectivity index (χ1v) is 8.25. The molecule has 26 heavy (non-hydrogen) atoms. The first kappa shape index (κ1) is 19.7. The fourth-order valence-corrected chi connectivity index (χ4v) is 2.91. The molecule has 6 nitrogen and oxygen atoms in total. The molecule has 0 aromatic heterocycles. The number of nitrogens with zero attached hydrogens (tertiary/aromatic N) is 1. The molecule has 0 unspecified atom stereocenters. The number of hydrogen-bond acceptors (Lipinski definition) is 5. The SMILES string of the molecule is COC(=O)CCc1c(N=C=O)cccc1NC(=O)c1c(Cl)cccc1Cl. The summed E-state index contributed by atoms with van der Waals surface area (Å²) in [6, 6.07) is 9.54. The van der Waals surface area contributed by atoms with Crippen LogP contribution in [0.3, 0.4) is 0 Å². The van der Waals surface area contributed by atoms with Gasteiger partial charge in [-0.25, -0.2) is 4.79 Å². The Morgan fingerprint density at radius 2 is 1.81 bits per heavy atom. The van der Waals surface area contributed by atoms with Crippen LogP contribution in [0.2, 0.25) is 10.0 Å². The minimum absolute atomic E-state index is 0.0532. The van der Waals surface area contributed by atoms with Gasteiger partial charge >= 0.3 is 5.97 Å². The number of halogens is 2. The Balaban J connectivity index is 2.38. The van der Waals surface area contributed by atoms with Gasteiger partial charge in [0.2, 0.25) is 6.08 Å². The quantitative estimate of drug-likeness (QED) is 0.450. The van der Waals surface area contributed by atoms with E-state index in [2.05, 4.69) is 15.0 Å². The highest BCUT2D eigenvalue weighted by atomic mass is 35.5. The van der Waals surface area contributed by atoms with Gasteiger partial charge < -0.3 is 10.1 Å². The Morgan fingerprint density at radius 3 is 2.42 bits per heavy atom. The normalized spacial score (nSPS) is 9.96. The maximum Gasteiger partial charge on any atom is 0.305 e. The number of amides is 1. The van der Waals surface area contributed by atoms with Gasteiger partial charge in [-0.3, -0.25) is 9.59 Å². The predicted molar refractivity (Wildman–Crippen MR) is 99.0 cm³/mol. The van der Waals surface area contributed by atoms with E-state index in [0.717, 1.165) is 0 Å². The van der Waals surface area contributed by atoms with Crippen molar-refractivity contribution in [3.63, 3.8) is 0 Å². The van der Waals surface area contributed by atoms with Gasteiger partial charge in [-0.2, -0.15) is 4.99 Å². The molecule has 0 atom stereocenters. The molecular weight excluding hydrogens is 379 g/mol. The van der Waals surface area contributed by atoms with Crippen molar-refractivity contribution in [1.82, 2.24) is 0 Å². The molecule has 2 aromatic rings. The number of isocyanates is 1. The second-order valence-corrected chi connectivity index (χ2v) is 5.95. The third kappa shape index (κ3) is 4.70. The van der Waals surface area contributed by atoms with E-state index in [1.54, 1.807) is 36.4 Å². The van der Waals surface area contributed by atoms with E-state index in [4.69, 9.17) is 23.2 Å². The Hall–Kier alpha value is -2.66. The molecule has 0 saturated carbocycles. The Labute approximate surface area is 159 Å². The topological polar surface area (TPSA) is 84.8 Å². The molecule has 134 valence electrons. The van der Waals surface area contributed by atoms with Crippen LogP contribution in [0.15, 0.2) is 41.4 Å². The summed E-state index contributed by atoms with van der Waals surface area (Å²) in [5, 5.41) is 3.10. The van der Waals surface area contributed by atoms with Crippen LogP contribution in [-0.4, -0.2) is 25.1 Å². The zero-order valence-electron chi connectivity index (χ0n) is 13.7. The van der Waals surface area contributed by atoms with Crippen LogP contribution >= 0.6 is 23.2 Å². The summed E-state index contributed by atoms with van der Waals surface area (Å²) in [7, 11) is 1.28. The minimum Gasteiger partial charge on any atom is -0.469 e. The van der Waals surface area contributed by atoms with Crippen molar-refractivity contribution >= 4 is 52.5 Å². The molecular formula is C18H14Cl2N2O4. The van der Waals surface area contributed by atoms with Crippen molar-refractivity contribution in [3.8, 4) is 0 Å². The number of hydrogen-bond donors (Lipinski definition) is 1. The van der Waals surface area contributed by atoms with Crippen molar-refractivity contribution in [3.05, 3.63) is 57.6 Å². The van der Waals surface area contributed by atoms with Gasteiger partial charge in [0.05, 0.1) is 28.4 Å². The largest absolute Gasteiger partial charge is 0.469 e. The van der Waals surface area contributed by atoms with Crippen LogP contribution in [0.25, 0.3) is 0 Å². The van der Waals surface area contributed by atoms with E-state index < -0.39 is 11.9 Å². The first-order chi connectivity index (χ1) is 12.5. The van der Waals surface area contributed by atoms with Gasteiger partial charge in [0.1, 0.15) is 0 Å². The molecule has 0 radical (unpaired) electrons. The smallest absolute Gasteiger partial charge is 0.305 e. The fourth-order valence-electron chi connectivity index (χ4n) is 2.34. The van der Waals surface area contributed by atoms with Crippen LogP contribution in [-0.2, 0) is 20.7 Å². The average Bonchev–Trinajstić information content (AvgIpc) is 2.61. The summed E-state index contributed by atoms with van der Waals surface area (Å²) in [5.41, 5.74) is 1.30. The molecule has 0 spiro atoms. The van der Waals surface area contributed by atoms with Crippen molar-refractivity contribution in [2.45, 2.75) is 12.8 Å². The highest BCUT2D eigenvalue weighted by Gasteiger charge is 2.18. The van der Waals surface area contributed by atoms with Crippen LogP contribution < -0.4 is 5.32 Å². The summed E-state index contributed by atoms with van der Waals surface area (Å²) in [5.74, 6) is -0.950. The molecule has 0 aliphatic carbocycles. The van der Waals surface area contributed by atoms with E-state index >= 15 is 0 Å². The second-order valence-electron chi connectivity index (χ2n) is 5.13. The van der Waals surface area contributed by atoms with E-state index in [1.807, 2.05) is 0 Å². The Kier molecular flexibility index (Phi) is 6.92. The van der Waals surface area contributed by atoms with Gasteiger partial charge in [-0.1, -0.05) is 35.3 Å². The van der Waals surface area contributed by atoms with Gasteiger partial charge in [-0.15, -0.1) is 0 Å². The summed E-state index contributed by atoms with van der Waals surface area (Å²) < 4.78 is 4.62. The third-order valence-corrected chi connectivity index (χ3v) is 4.19. The lowest BCUT2D eigenvalue weighted by Crippen LogP contribution is -2.15. The maximum absolute atomic E-state index is 12.6. The van der Waals surface area contributed by atoms with Crippen LogP contribution in [0, 0.1) is 0 Å². The second kappa shape index (κ2) is 9.15. The van der Waals surface area contributed by atoms with Gasteiger partial charge in [0, 0.05) is 17.7 Å². The highest BCUT2D eigenvalue weighted by Crippen LogP contribution is 2.30. The fraction of sp³-hybridized carbons (Fsp3) is 0.167. The number of methoxy groups -OCH3 is 1. The van der Waals surface area contributed by atoms with E-state index in [1.165, 1.54) is 13.2 Å². The number of carbonyl (C=O) groups is 2. The molecule has 0 bridgehead atoms. The zero-order valence-corrected chi connectivity index (χ0v) is 15.2. The zero-order chi connectivity index (χ0) is 19.1. The number of anilines is 1. The third-order valence-electron chi connectivity index (χ3n) is 3.56. The van der Waals surface area contributed by atoms with Gasteiger partial charge in [0.25, 0.3) is 5.91 Å². The molecule has 0 heterocycles. The molecule has 0 saturated heterocycles. The summed E-state index contributed by atoms with van der Waals surface area (Å²) in [6.45, 7) is 0. The predicted octanol–water partition coefficient (Wildman–Crippen LogP) is 4.32. The molecule has 1 amide bonds. The molecule has 0 fully saturated rings. The number of esters is 1. The number of rotatable bonds is 6. The van der Waals surface area contributed by atoms with Gasteiger partial charge in [0.15, 0.2) is 0 Å². The molecule has 2 rings (SSSR count). The van der Waals surface area contributed by atoms with E-state index in [-0.39, 0.29) is 28.5 Å². The van der Waals surface area contributed by atoms with E-state index in [0.29, 0.717) is 16.9 Å². The molecule has 1 N–H and O–H groups in total. The molecule has 0 aliphatic heterocycles. The molecule has 2 aromatic carbocycles. The summed E-state index contributed by atoms with van der Waals surface area (Å²) >= 11 is 12.1. The Bertz CT molecular complexity index is 873. The number of aliphatic imine (C=N–C) groups is 1.